The highest BCUT2D eigenvalue weighted by Gasteiger charge is 2.20. The summed E-state index contributed by atoms with van der Waals surface area (Å²) in [7, 11) is 0. The van der Waals surface area contributed by atoms with E-state index in [4.69, 9.17) is 0 Å². The molecule has 0 unspecified atom stereocenters. The molecule has 0 spiro atoms. The SMILES string of the molecule is [NH3+]C[C@@H]1CCCCCC[C@@H]1O. The predicted octanol–water partition coefficient (Wildman–Crippen LogP) is 0.560. The lowest BCUT2D eigenvalue weighted by atomic mass is 9.89. The Labute approximate surface area is 68.8 Å². The molecule has 1 aliphatic carbocycles. The van der Waals surface area contributed by atoms with Crippen LogP contribution >= 0.6 is 0 Å². The number of aliphatic hydroxyl groups is 1. The van der Waals surface area contributed by atoms with E-state index in [2.05, 4.69) is 5.73 Å². The van der Waals surface area contributed by atoms with Crippen LogP contribution in [0, 0.1) is 5.92 Å². The quantitative estimate of drug-likeness (QED) is 0.575. The van der Waals surface area contributed by atoms with E-state index < -0.39 is 0 Å². The predicted molar refractivity (Wildman–Crippen MR) is 45.0 cm³/mol. The number of aliphatic hydroxyl groups excluding tert-OH is 1. The summed E-state index contributed by atoms with van der Waals surface area (Å²) in [5.41, 5.74) is 3.87. The summed E-state index contributed by atoms with van der Waals surface area (Å²) in [5, 5.41) is 9.63. The van der Waals surface area contributed by atoms with Crippen molar-refractivity contribution in [2.45, 2.75) is 44.6 Å². The van der Waals surface area contributed by atoms with Gasteiger partial charge in [-0.1, -0.05) is 25.7 Å². The summed E-state index contributed by atoms with van der Waals surface area (Å²) >= 11 is 0. The highest BCUT2D eigenvalue weighted by atomic mass is 16.3. The average molecular weight is 158 g/mol. The molecule has 66 valence electrons. The van der Waals surface area contributed by atoms with E-state index >= 15 is 0 Å². The second kappa shape index (κ2) is 4.73. The van der Waals surface area contributed by atoms with Gasteiger partial charge >= 0.3 is 0 Å². The van der Waals surface area contributed by atoms with E-state index in [-0.39, 0.29) is 6.10 Å². The monoisotopic (exact) mass is 158 g/mol. The largest absolute Gasteiger partial charge is 0.393 e. The van der Waals surface area contributed by atoms with Gasteiger partial charge in [-0.25, -0.2) is 0 Å². The first-order valence-corrected chi connectivity index (χ1v) is 4.82. The van der Waals surface area contributed by atoms with E-state index in [1.54, 1.807) is 0 Å². The number of rotatable bonds is 1. The van der Waals surface area contributed by atoms with Crippen molar-refractivity contribution in [1.82, 2.24) is 0 Å². The molecule has 2 nitrogen and oxygen atoms in total. The molecular formula is C9H20NO+. The van der Waals surface area contributed by atoms with Crippen molar-refractivity contribution < 1.29 is 10.8 Å². The topological polar surface area (TPSA) is 47.9 Å². The lowest BCUT2D eigenvalue weighted by Gasteiger charge is -2.22. The molecular weight excluding hydrogens is 138 g/mol. The minimum atomic E-state index is -0.0622. The van der Waals surface area contributed by atoms with Gasteiger partial charge in [-0.15, -0.1) is 0 Å². The molecule has 2 atom stereocenters. The van der Waals surface area contributed by atoms with Crippen molar-refractivity contribution in [3.8, 4) is 0 Å². The Morgan fingerprint density at radius 3 is 2.36 bits per heavy atom. The average Bonchev–Trinajstić information content (AvgIpc) is 1.98. The van der Waals surface area contributed by atoms with Crippen LogP contribution in [0.3, 0.4) is 0 Å². The fourth-order valence-electron chi connectivity index (χ4n) is 1.88. The van der Waals surface area contributed by atoms with Crippen molar-refractivity contribution in [2.24, 2.45) is 5.92 Å². The maximum Gasteiger partial charge on any atom is 0.0793 e. The van der Waals surface area contributed by atoms with E-state index in [1.165, 1.54) is 32.1 Å². The maximum atomic E-state index is 9.63. The summed E-state index contributed by atoms with van der Waals surface area (Å²) in [6.07, 6.45) is 7.27. The molecule has 11 heavy (non-hydrogen) atoms. The van der Waals surface area contributed by atoms with E-state index in [9.17, 15) is 5.11 Å². The van der Waals surface area contributed by atoms with Gasteiger partial charge < -0.3 is 10.8 Å². The molecule has 0 amide bonds. The van der Waals surface area contributed by atoms with Crippen molar-refractivity contribution >= 4 is 0 Å². The Bertz CT molecular complexity index is 106. The zero-order valence-electron chi connectivity index (χ0n) is 7.26. The molecule has 1 saturated carbocycles. The van der Waals surface area contributed by atoms with Crippen LogP contribution in [-0.4, -0.2) is 17.8 Å². The summed E-state index contributed by atoms with van der Waals surface area (Å²) in [6.45, 7) is 0.904. The van der Waals surface area contributed by atoms with Crippen LogP contribution < -0.4 is 5.73 Å². The minimum absolute atomic E-state index is 0.0622. The molecule has 4 N–H and O–H groups in total. The summed E-state index contributed by atoms with van der Waals surface area (Å²) in [4.78, 5) is 0. The van der Waals surface area contributed by atoms with Crippen molar-refractivity contribution in [3.63, 3.8) is 0 Å². The molecule has 1 aliphatic rings. The second-order valence-electron chi connectivity index (χ2n) is 3.61. The Hall–Kier alpha value is -0.0800. The number of hydrogen-bond donors (Lipinski definition) is 2. The maximum absolute atomic E-state index is 9.63. The fraction of sp³-hybridized carbons (Fsp3) is 1.00. The van der Waals surface area contributed by atoms with Gasteiger partial charge in [0.05, 0.1) is 12.6 Å². The standard InChI is InChI=1S/C9H19NO/c10-7-8-5-3-1-2-4-6-9(8)11/h8-9,11H,1-7,10H2/p+1/t8-,9-/m0/s1. The third kappa shape index (κ3) is 2.80. The van der Waals surface area contributed by atoms with Crippen molar-refractivity contribution in [3.05, 3.63) is 0 Å². The number of hydrogen-bond acceptors (Lipinski definition) is 1. The Morgan fingerprint density at radius 2 is 1.73 bits per heavy atom. The summed E-state index contributed by atoms with van der Waals surface area (Å²) < 4.78 is 0. The van der Waals surface area contributed by atoms with E-state index in [0.717, 1.165) is 13.0 Å². The molecule has 0 aromatic carbocycles. The van der Waals surface area contributed by atoms with E-state index in [1.807, 2.05) is 0 Å². The van der Waals surface area contributed by atoms with Gasteiger partial charge in [0, 0.05) is 5.92 Å². The highest BCUT2D eigenvalue weighted by Crippen LogP contribution is 2.21. The molecule has 1 rings (SSSR count). The van der Waals surface area contributed by atoms with Crippen LogP contribution in [0.5, 0.6) is 0 Å². The first kappa shape index (κ1) is 9.01. The third-order valence-electron chi connectivity index (χ3n) is 2.74. The normalized spacial score (nSPS) is 34.4. The lowest BCUT2D eigenvalue weighted by molar-refractivity contribution is -0.384. The molecule has 1 fully saturated rings. The third-order valence-corrected chi connectivity index (χ3v) is 2.74. The fourth-order valence-corrected chi connectivity index (χ4v) is 1.88. The van der Waals surface area contributed by atoms with Gasteiger partial charge in [-0.05, 0) is 12.8 Å². The highest BCUT2D eigenvalue weighted by molar-refractivity contribution is 4.70. The van der Waals surface area contributed by atoms with Crippen LogP contribution in [0.15, 0.2) is 0 Å². The van der Waals surface area contributed by atoms with Crippen LogP contribution in [0.2, 0.25) is 0 Å². The van der Waals surface area contributed by atoms with Crippen LogP contribution in [-0.2, 0) is 0 Å². The van der Waals surface area contributed by atoms with Gasteiger partial charge in [-0.3, -0.25) is 0 Å². The Balaban J connectivity index is 2.33. The Kier molecular flexibility index (Phi) is 3.87. The van der Waals surface area contributed by atoms with Gasteiger partial charge in [0.15, 0.2) is 0 Å². The molecule has 0 radical (unpaired) electrons. The lowest BCUT2D eigenvalue weighted by Crippen LogP contribution is -2.56. The smallest absolute Gasteiger partial charge is 0.0793 e. The zero-order valence-corrected chi connectivity index (χ0v) is 7.26. The minimum Gasteiger partial charge on any atom is -0.393 e. The molecule has 0 aromatic heterocycles. The second-order valence-corrected chi connectivity index (χ2v) is 3.61. The van der Waals surface area contributed by atoms with Crippen LogP contribution in [0.25, 0.3) is 0 Å². The van der Waals surface area contributed by atoms with E-state index in [0.29, 0.717) is 5.92 Å². The summed E-state index contributed by atoms with van der Waals surface area (Å²) in [5.74, 6) is 0.482. The van der Waals surface area contributed by atoms with Gasteiger partial charge in [0.25, 0.3) is 0 Å². The van der Waals surface area contributed by atoms with Crippen LogP contribution in [0.1, 0.15) is 38.5 Å². The first-order chi connectivity index (χ1) is 5.34. The van der Waals surface area contributed by atoms with Crippen molar-refractivity contribution in [2.75, 3.05) is 6.54 Å². The van der Waals surface area contributed by atoms with Crippen molar-refractivity contribution in [1.29, 1.82) is 0 Å². The van der Waals surface area contributed by atoms with Crippen LogP contribution in [0.4, 0.5) is 0 Å². The molecule has 0 heterocycles. The Morgan fingerprint density at radius 1 is 1.09 bits per heavy atom. The van der Waals surface area contributed by atoms with Gasteiger partial charge in [0.1, 0.15) is 0 Å². The molecule has 0 bridgehead atoms. The number of quaternary nitrogens is 1. The first-order valence-electron chi connectivity index (χ1n) is 4.82. The molecule has 0 saturated heterocycles. The molecule has 0 aromatic rings. The molecule has 2 heteroatoms. The zero-order chi connectivity index (χ0) is 8.10. The van der Waals surface area contributed by atoms with Gasteiger partial charge in [-0.2, -0.15) is 0 Å². The molecule has 0 aliphatic heterocycles. The summed E-state index contributed by atoms with van der Waals surface area (Å²) in [6, 6.07) is 0. The van der Waals surface area contributed by atoms with Gasteiger partial charge in [0.2, 0.25) is 0 Å².